The van der Waals surface area contributed by atoms with Crippen LogP contribution in [0.1, 0.15) is 25.8 Å². The third kappa shape index (κ3) is 3.41. The Morgan fingerprint density at radius 3 is 2.56 bits per heavy atom. The SMILES string of the molecule is CCC(C)C(CCl)Cc1ccccc1OC. The van der Waals surface area contributed by atoms with Crippen LogP contribution in [0.2, 0.25) is 0 Å². The highest BCUT2D eigenvalue weighted by Crippen LogP contribution is 2.26. The van der Waals surface area contributed by atoms with E-state index in [9.17, 15) is 0 Å². The van der Waals surface area contributed by atoms with Gasteiger partial charge in [0.2, 0.25) is 0 Å². The molecule has 1 rings (SSSR count). The zero-order valence-electron chi connectivity index (χ0n) is 10.4. The molecule has 0 fully saturated rings. The molecule has 0 spiro atoms. The predicted molar refractivity (Wildman–Crippen MR) is 70.4 cm³/mol. The number of benzene rings is 1. The normalized spacial score (nSPS) is 14.5. The van der Waals surface area contributed by atoms with Crippen molar-refractivity contribution in [2.45, 2.75) is 26.7 Å². The highest BCUT2D eigenvalue weighted by Gasteiger charge is 2.16. The molecular weight excluding hydrogens is 220 g/mol. The molecule has 0 saturated carbocycles. The summed E-state index contributed by atoms with van der Waals surface area (Å²) in [6.45, 7) is 4.48. The van der Waals surface area contributed by atoms with Crippen LogP contribution < -0.4 is 4.74 Å². The highest BCUT2D eigenvalue weighted by atomic mass is 35.5. The van der Waals surface area contributed by atoms with Crippen molar-refractivity contribution in [1.82, 2.24) is 0 Å². The lowest BCUT2D eigenvalue weighted by Gasteiger charge is -2.21. The van der Waals surface area contributed by atoms with Gasteiger partial charge in [0.05, 0.1) is 7.11 Å². The van der Waals surface area contributed by atoms with Crippen LogP contribution in [0.3, 0.4) is 0 Å². The maximum atomic E-state index is 6.05. The van der Waals surface area contributed by atoms with Gasteiger partial charge in [-0.2, -0.15) is 0 Å². The van der Waals surface area contributed by atoms with Crippen molar-refractivity contribution in [3.8, 4) is 5.75 Å². The molecule has 1 aromatic rings. The lowest BCUT2D eigenvalue weighted by atomic mass is 9.87. The average Bonchev–Trinajstić information content (AvgIpc) is 2.35. The zero-order valence-corrected chi connectivity index (χ0v) is 11.1. The Labute approximate surface area is 104 Å². The van der Waals surface area contributed by atoms with Crippen LogP contribution in [0, 0.1) is 11.8 Å². The highest BCUT2D eigenvalue weighted by molar-refractivity contribution is 6.18. The van der Waals surface area contributed by atoms with Crippen molar-refractivity contribution >= 4 is 11.6 Å². The van der Waals surface area contributed by atoms with Crippen molar-refractivity contribution in [2.24, 2.45) is 11.8 Å². The molecule has 0 aliphatic rings. The van der Waals surface area contributed by atoms with E-state index in [2.05, 4.69) is 26.0 Å². The Bertz CT molecular complexity index is 311. The molecule has 2 atom stereocenters. The Kier molecular flexibility index (Phi) is 5.68. The number of hydrogen-bond acceptors (Lipinski definition) is 1. The van der Waals surface area contributed by atoms with Crippen molar-refractivity contribution in [3.63, 3.8) is 0 Å². The maximum Gasteiger partial charge on any atom is 0.122 e. The van der Waals surface area contributed by atoms with Crippen LogP contribution in [0.15, 0.2) is 24.3 Å². The number of methoxy groups -OCH3 is 1. The van der Waals surface area contributed by atoms with Crippen LogP contribution in [0.25, 0.3) is 0 Å². The van der Waals surface area contributed by atoms with Gasteiger partial charge in [-0.05, 0) is 29.9 Å². The van der Waals surface area contributed by atoms with Gasteiger partial charge in [-0.15, -0.1) is 11.6 Å². The summed E-state index contributed by atoms with van der Waals surface area (Å²) in [7, 11) is 1.72. The average molecular weight is 241 g/mol. The van der Waals surface area contributed by atoms with Gasteiger partial charge in [0.1, 0.15) is 5.75 Å². The lowest BCUT2D eigenvalue weighted by Crippen LogP contribution is -2.16. The van der Waals surface area contributed by atoms with Crippen molar-refractivity contribution in [2.75, 3.05) is 13.0 Å². The molecule has 2 unspecified atom stereocenters. The third-order valence-electron chi connectivity index (χ3n) is 3.32. The first-order valence-electron chi connectivity index (χ1n) is 5.90. The monoisotopic (exact) mass is 240 g/mol. The van der Waals surface area contributed by atoms with Gasteiger partial charge in [-0.25, -0.2) is 0 Å². The van der Waals surface area contributed by atoms with Gasteiger partial charge in [0.25, 0.3) is 0 Å². The fourth-order valence-corrected chi connectivity index (χ4v) is 2.31. The summed E-state index contributed by atoms with van der Waals surface area (Å²) < 4.78 is 5.36. The van der Waals surface area contributed by atoms with Gasteiger partial charge >= 0.3 is 0 Å². The van der Waals surface area contributed by atoms with Crippen LogP contribution in [0.5, 0.6) is 5.75 Å². The molecule has 0 aliphatic carbocycles. The largest absolute Gasteiger partial charge is 0.496 e. The van der Waals surface area contributed by atoms with Gasteiger partial charge < -0.3 is 4.74 Å². The van der Waals surface area contributed by atoms with Gasteiger partial charge in [0.15, 0.2) is 0 Å². The van der Waals surface area contributed by atoms with E-state index < -0.39 is 0 Å². The zero-order chi connectivity index (χ0) is 12.0. The first-order valence-corrected chi connectivity index (χ1v) is 6.44. The van der Waals surface area contributed by atoms with E-state index in [1.54, 1.807) is 7.11 Å². The predicted octanol–water partition coefficient (Wildman–Crippen LogP) is 4.14. The number of ether oxygens (including phenoxy) is 1. The summed E-state index contributed by atoms with van der Waals surface area (Å²) in [5, 5.41) is 0. The van der Waals surface area contributed by atoms with E-state index >= 15 is 0 Å². The van der Waals surface area contributed by atoms with E-state index in [-0.39, 0.29) is 0 Å². The molecule has 0 heterocycles. The summed E-state index contributed by atoms with van der Waals surface area (Å²) in [6, 6.07) is 8.19. The maximum absolute atomic E-state index is 6.05. The van der Waals surface area contributed by atoms with E-state index in [0.717, 1.165) is 12.2 Å². The second-order valence-corrected chi connectivity index (χ2v) is 4.62. The second kappa shape index (κ2) is 6.80. The van der Waals surface area contributed by atoms with Crippen LogP contribution in [-0.2, 0) is 6.42 Å². The van der Waals surface area contributed by atoms with E-state index in [1.807, 2.05) is 12.1 Å². The lowest BCUT2D eigenvalue weighted by molar-refractivity contribution is 0.366. The number of rotatable bonds is 6. The molecular formula is C14H21ClO. The first-order chi connectivity index (χ1) is 7.72. The smallest absolute Gasteiger partial charge is 0.122 e. The molecule has 1 nitrogen and oxygen atoms in total. The van der Waals surface area contributed by atoms with Crippen LogP contribution in [0.4, 0.5) is 0 Å². The van der Waals surface area contributed by atoms with Crippen molar-refractivity contribution < 1.29 is 4.74 Å². The molecule has 0 aliphatic heterocycles. The molecule has 90 valence electrons. The van der Waals surface area contributed by atoms with Gasteiger partial charge in [-0.3, -0.25) is 0 Å². The first kappa shape index (κ1) is 13.4. The minimum atomic E-state index is 0.531. The standard InChI is InChI=1S/C14H21ClO/c1-4-11(2)13(10-15)9-12-7-5-6-8-14(12)16-3/h5-8,11,13H,4,9-10H2,1-3H3. The minimum Gasteiger partial charge on any atom is -0.496 e. The Morgan fingerprint density at radius 2 is 2.00 bits per heavy atom. The molecule has 1 aromatic carbocycles. The molecule has 0 N–H and O–H groups in total. The minimum absolute atomic E-state index is 0.531. The van der Waals surface area contributed by atoms with E-state index in [1.165, 1.54) is 12.0 Å². The Hall–Kier alpha value is -0.690. The summed E-state index contributed by atoms with van der Waals surface area (Å²) in [5.74, 6) is 2.87. The van der Waals surface area contributed by atoms with Crippen molar-refractivity contribution in [1.29, 1.82) is 0 Å². The quantitative estimate of drug-likeness (QED) is 0.679. The van der Waals surface area contributed by atoms with Crippen molar-refractivity contribution in [3.05, 3.63) is 29.8 Å². The summed E-state index contributed by atoms with van der Waals surface area (Å²) in [4.78, 5) is 0. The topological polar surface area (TPSA) is 9.23 Å². The number of para-hydroxylation sites is 1. The fraction of sp³-hybridized carbons (Fsp3) is 0.571. The third-order valence-corrected chi connectivity index (χ3v) is 3.72. The number of halogens is 1. The van der Waals surface area contributed by atoms with Crippen LogP contribution in [-0.4, -0.2) is 13.0 Å². The Balaban J connectivity index is 2.77. The molecule has 0 aromatic heterocycles. The van der Waals surface area contributed by atoms with Crippen LogP contribution >= 0.6 is 11.6 Å². The van der Waals surface area contributed by atoms with E-state index in [0.29, 0.717) is 17.7 Å². The number of hydrogen-bond donors (Lipinski definition) is 0. The molecule has 0 radical (unpaired) electrons. The summed E-state index contributed by atoms with van der Waals surface area (Å²) >= 11 is 6.05. The molecule has 0 amide bonds. The summed E-state index contributed by atoms with van der Waals surface area (Å²) in [6.07, 6.45) is 2.18. The molecule has 2 heteroatoms. The molecule has 0 saturated heterocycles. The molecule has 0 bridgehead atoms. The Morgan fingerprint density at radius 1 is 1.31 bits per heavy atom. The molecule has 16 heavy (non-hydrogen) atoms. The van der Waals surface area contributed by atoms with Gasteiger partial charge in [0, 0.05) is 5.88 Å². The fourth-order valence-electron chi connectivity index (χ4n) is 1.90. The summed E-state index contributed by atoms with van der Waals surface area (Å²) in [5.41, 5.74) is 1.26. The number of alkyl halides is 1. The second-order valence-electron chi connectivity index (χ2n) is 4.32. The van der Waals surface area contributed by atoms with E-state index in [4.69, 9.17) is 16.3 Å². The van der Waals surface area contributed by atoms with Gasteiger partial charge in [-0.1, -0.05) is 38.5 Å².